The van der Waals surface area contributed by atoms with Gasteiger partial charge in [0, 0.05) is 17.4 Å². The molecule has 4 aromatic rings. The first kappa shape index (κ1) is 16.3. The quantitative estimate of drug-likeness (QED) is 0.494. The molecule has 2 aromatic heterocycles. The minimum absolute atomic E-state index is 0.256. The van der Waals surface area contributed by atoms with E-state index in [0.717, 1.165) is 33.7 Å². The summed E-state index contributed by atoms with van der Waals surface area (Å²) in [4.78, 5) is 4.48. The van der Waals surface area contributed by atoms with Crippen molar-refractivity contribution in [1.82, 2.24) is 9.38 Å². The highest BCUT2D eigenvalue weighted by atomic mass is 19.1. The molecule has 4 rings (SSSR count). The normalized spacial score (nSPS) is 12.3. The van der Waals surface area contributed by atoms with Crippen LogP contribution in [-0.2, 0) is 0 Å². The van der Waals surface area contributed by atoms with E-state index in [1.165, 1.54) is 12.1 Å². The van der Waals surface area contributed by atoms with E-state index in [1.54, 1.807) is 18.3 Å². The fraction of sp³-hybridized carbons (Fsp3) is 0.0500. The van der Waals surface area contributed by atoms with Crippen LogP contribution in [0.5, 0.6) is 0 Å². The molecule has 0 saturated heterocycles. The molecular weight excluding hydrogens is 331 g/mol. The molecule has 0 fully saturated rings. The van der Waals surface area contributed by atoms with Gasteiger partial charge in [-0.1, -0.05) is 24.3 Å². The highest BCUT2D eigenvalue weighted by Crippen LogP contribution is 2.27. The third-order valence-corrected chi connectivity index (χ3v) is 4.16. The predicted octanol–water partition coefficient (Wildman–Crippen LogP) is 3.45. The first-order valence-corrected chi connectivity index (χ1v) is 8.14. The number of anilines is 1. The highest BCUT2D eigenvalue weighted by molar-refractivity contribution is 5.72. The largest absolute Gasteiger partial charge is 0.361 e. The molecule has 0 amide bonds. The van der Waals surface area contributed by atoms with Crippen LogP contribution in [-0.4, -0.2) is 20.8 Å². The van der Waals surface area contributed by atoms with E-state index in [2.05, 4.69) is 10.3 Å². The van der Waals surface area contributed by atoms with Crippen molar-refractivity contribution < 1.29 is 9.50 Å². The van der Waals surface area contributed by atoms with E-state index in [-0.39, 0.29) is 5.82 Å². The number of imidazole rings is 1. The van der Waals surface area contributed by atoms with Gasteiger partial charge < -0.3 is 10.4 Å². The van der Waals surface area contributed by atoms with Crippen molar-refractivity contribution >= 4 is 11.3 Å². The molecule has 4 N–H and O–H groups in total. The van der Waals surface area contributed by atoms with Crippen molar-refractivity contribution in [3.05, 3.63) is 78.9 Å². The second-order valence-corrected chi connectivity index (χ2v) is 5.96. The minimum Gasteiger partial charge on any atom is -0.361 e. The lowest BCUT2D eigenvalue weighted by Crippen LogP contribution is -2.28. The zero-order chi connectivity index (χ0) is 18.1. The Morgan fingerprint density at radius 2 is 1.81 bits per heavy atom. The number of nitrogens with two attached hydrogens (primary N) is 1. The highest BCUT2D eigenvalue weighted by Gasteiger charge is 2.09. The van der Waals surface area contributed by atoms with Gasteiger partial charge in [0.2, 0.25) is 0 Å². The van der Waals surface area contributed by atoms with Crippen LogP contribution in [0.3, 0.4) is 0 Å². The topological polar surface area (TPSA) is 75.6 Å². The van der Waals surface area contributed by atoms with Crippen molar-refractivity contribution in [3.63, 3.8) is 0 Å². The molecule has 1 unspecified atom stereocenters. The monoisotopic (exact) mass is 348 g/mol. The molecule has 0 radical (unpaired) electrons. The number of hydrogen-bond acceptors (Lipinski definition) is 4. The lowest BCUT2D eigenvalue weighted by molar-refractivity contribution is 0.212. The molecule has 1 atom stereocenters. The van der Waals surface area contributed by atoms with Crippen LogP contribution >= 0.6 is 0 Å². The molecule has 2 aromatic carbocycles. The van der Waals surface area contributed by atoms with Gasteiger partial charge in [0.15, 0.2) is 6.35 Å². The van der Waals surface area contributed by atoms with Gasteiger partial charge in [-0.2, -0.15) is 0 Å². The average molecular weight is 348 g/mol. The number of hydrogen-bond donors (Lipinski definition) is 3. The molecule has 0 bridgehead atoms. The first-order chi connectivity index (χ1) is 12.6. The molecule has 0 spiro atoms. The molecule has 0 saturated carbocycles. The third-order valence-electron chi connectivity index (χ3n) is 4.16. The summed E-state index contributed by atoms with van der Waals surface area (Å²) in [5.41, 5.74) is 10.6. The SMILES string of the molecule is NC(O)Nc1cccc(-c2cnc3cc(-c4ccc(F)cc4)ccn23)c1. The Hall–Kier alpha value is -3.22. The second kappa shape index (κ2) is 6.59. The van der Waals surface area contributed by atoms with Crippen molar-refractivity contribution in [2.45, 2.75) is 6.35 Å². The summed E-state index contributed by atoms with van der Waals surface area (Å²) < 4.78 is 15.1. The fourth-order valence-electron chi connectivity index (χ4n) is 2.96. The number of aliphatic hydroxyl groups is 1. The number of benzene rings is 2. The second-order valence-electron chi connectivity index (χ2n) is 5.96. The molecule has 5 nitrogen and oxygen atoms in total. The van der Waals surface area contributed by atoms with Gasteiger partial charge in [0.1, 0.15) is 11.5 Å². The lowest BCUT2D eigenvalue weighted by atomic mass is 10.1. The number of rotatable bonds is 4. The van der Waals surface area contributed by atoms with Crippen molar-refractivity contribution in [3.8, 4) is 22.4 Å². The van der Waals surface area contributed by atoms with E-state index in [9.17, 15) is 9.50 Å². The summed E-state index contributed by atoms with van der Waals surface area (Å²) in [6.07, 6.45) is 2.61. The number of halogens is 1. The van der Waals surface area contributed by atoms with Crippen molar-refractivity contribution in [2.75, 3.05) is 5.32 Å². The third kappa shape index (κ3) is 3.15. The average Bonchev–Trinajstić information content (AvgIpc) is 3.05. The van der Waals surface area contributed by atoms with E-state index >= 15 is 0 Å². The number of fused-ring (bicyclic) bond motifs is 1. The summed E-state index contributed by atoms with van der Waals surface area (Å²) >= 11 is 0. The molecule has 0 aliphatic heterocycles. The zero-order valence-electron chi connectivity index (χ0n) is 13.8. The number of aromatic nitrogens is 2. The van der Waals surface area contributed by atoms with E-state index in [4.69, 9.17) is 5.73 Å². The van der Waals surface area contributed by atoms with E-state index in [0.29, 0.717) is 0 Å². The van der Waals surface area contributed by atoms with Gasteiger partial charge in [-0.25, -0.2) is 9.37 Å². The van der Waals surface area contributed by atoms with Crippen LogP contribution in [0.25, 0.3) is 28.0 Å². The Labute approximate surface area is 149 Å². The lowest BCUT2D eigenvalue weighted by Gasteiger charge is -2.10. The Morgan fingerprint density at radius 1 is 1.00 bits per heavy atom. The maximum Gasteiger partial charge on any atom is 0.178 e. The summed E-state index contributed by atoms with van der Waals surface area (Å²) in [6.45, 7) is 0. The van der Waals surface area contributed by atoms with Crippen LogP contribution < -0.4 is 11.1 Å². The molecular formula is C20H17FN4O. The van der Waals surface area contributed by atoms with Gasteiger partial charge in [0.25, 0.3) is 0 Å². The van der Waals surface area contributed by atoms with Gasteiger partial charge >= 0.3 is 0 Å². The Balaban J connectivity index is 1.73. The Kier molecular flexibility index (Phi) is 4.12. The molecule has 2 heterocycles. The van der Waals surface area contributed by atoms with Crippen molar-refractivity contribution in [1.29, 1.82) is 0 Å². The van der Waals surface area contributed by atoms with Crippen LogP contribution in [0.1, 0.15) is 0 Å². The maximum atomic E-state index is 13.1. The Morgan fingerprint density at radius 3 is 2.58 bits per heavy atom. The van der Waals surface area contributed by atoms with Crippen LogP contribution in [0.15, 0.2) is 73.1 Å². The number of nitrogens with one attached hydrogen (secondary N) is 1. The minimum atomic E-state index is -1.12. The first-order valence-electron chi connectivity index (χ1n) is 8.14. The molecule has 26 heavy (non-hydrogen) atoms. The molecule has 6 heteroatoms. The summed E-state index contributed by atoms with van der Waals surface area (Å²) in [7, 11) is 0. The van der Waals surface area contributed by atoms with Crippen molar-refractivity contribution in [2.24, 2.45) is 5.73 Å². The van der Waals surface area contributed by atoms with Gasteiger partial charge in [0.05, 0.1) is 11.9 Å². The maximum absolute atomic E-state index is 13.1. The molecule has 130 valence electrons. The summed E-state index contributed by atoms with van der Waals surface area (Å²) in [5, 5.41) is 12.0. The van der Waals surface area contributed by atoms with Gasteiger partial charge in [-0.05, 0) is 47.5 Å². The van der Waals surface area contributed by atoms with Crippen LogP contribution in [0, 0.1) is 5.82 Å². The molecule has 0 aliphatic carbocycles. The number of pyridine rings is 1. The van der Waals surface area contributed by atoms with E-state index in [1.807, 2.05) is 47.0 Å². The smallest absolute Gasteiger partial charge is 0.178 e. The summed E-state index contributed by atoms with van der Waals surface area (Å²) in [5.74, 6) is -0.256. The fourth-order valence-corrected chi connectivity index (χ4v) is 2.96. The number of nitrogens with zero attached hydrogens (tertiary/aromatic N) is 2. The standard InChI is InChI=1S/C20H17FN4O/c21-16-6-4-13(5-7-16)14-8-9-25-18(12-23-19(25)11-14)15-2-1-3-17(10-15)24-20(22)26/h1-12,20,24,26H,22H2. The van der Waals surface area contributed by atoms with Crippen LogP contribution in [0.2, 0.25) is 0 Å². The zero-order valence-corrected chi connectivity index (χ0v) is 13.8. The summed E-state index contributed by atoms with van der Waals surface area (Å²) in [6, 6.07) is 17.9. The van der Waals surface area contributed by atoms with Gasteiger partial charge in [-0.3, -0.25) is 10.1 Å². The Bertz CT molecular complexity index is 1060. The van der Waals surface area contributed by atoms with E-state index < -0.39 is 6.35 Å². The van der Waals surface area contributed by atoms with Crippen LogP contribution in [0.4, 0.5) is 10.1 Å². The predicted molar refractivity (Wildman–Crippen MR) is 99.8 cm³/mol. The van der Waals surface area contributed by atoms with Gasteiger partial charge in [-0.15, -0.1) is 0 Å². The number of aliphatic hydroxyl groups excluding tert-OH is 1. The molecule has 0 aliphatic rings.